The highest BCUT2D eigenvalue weighted by atomic mass is 32.1. The Labute approximate surface area is 93.6 Å². The maximum absolute atomic E-state index is 11.6. The van der Waals surface area contributed by atoms with E-state index in [0.717, 1.165) is 9.89 Å². The number of carbonyl (C=O) groups is 1. The number of ether oxygens (including phenoxy) is 1. The minimum absolute atomic E-state index is 0.527. The predicted octanol–water partition coefficient (Wildman–Crippen LogP) is 2.67. The molecule has 0 aliphatic carbocycles. The van der Waals surface area contributed by atoms with Crippen LogP contribution in [0.1, 0.15) is 25.6 Å². The van der Waals surface area contributed by atoms with Crippen LogP contribution >= 0.6 is 11.3 Å². The summed E-state index contributed by atoms with van der Waals surface area (Å²) in [5.41, 5.74) is -0.527. The van der Waals surface area contributed by atoms with Crippen LogP contribution < -0.4 is 10.9 Å². The number of rotatable bonds is 1. The lowest BCUT2D eigenvalue weighted by atomic mass is 10.2. The molecule has 5 heteroatoms. The van der Waals surface area contributed by atoms with Gasteiger partial charge in [0.15, 0.2) is 0 Å². The molecule has 1 amide bonds. The predicted molar refractivity (Wildman–Crippen MR) is 62.0 cm³/mol. The van der Waals surface area contributed by atoms with Gasteiger partial charge in [-0.1, -0.05) is 0 Å². The van der Waals surface area contributed by atoms with Gasteiger partial charge in [-0.3, -0.25) is 0 Å². The van der Waals surface area contributed by atoms with Crippen molar-refractivity contribution in [2.24, 2.45) is 5.84 Å². The molecule has 0 aliphatic heterocycles. The number of anilines is 1. The summed E-state index contributed by atoms with van der Waals surface area (Å²) in [6, 6.07) is 3.70. The zero-order chi connectivity index (χ0) is 11.6. The van der Waals surface area contributed by atoms with E-state index < -0.39 is 11.7 Å². The Morgan fingerprint density at radius 1 is 1.47 bits per heavy atom. The number of aryl methyl sites for hydroxylation is 1. The summed E-state index contributed by atoms with van der Waals surface area (Å²) in [7, 11) is 0. The first-order valence-electron chi connectivity index (χ1n) is 4.64. The Morgan fingerprint density at radius 2 is 2.07 bits per heavy atom. The van der Waals surface area contributed by atoms with E-state index in [1.807, 2.05) is 13.0 Å². The van der Waals surface area contributed by atoms with E-state index in [9.17, 15) is 4.79 Å². The van der Waals surface area contributed by atoms with E-state index in [-0.39, 0.29) is 0 Å². The molecule has 0 fully saturated rings. The molecule has 4 nitrogen and oxygen atoms in total. The van der Waals surface area contributed by atoms with Crippen molar-refractivity contribution in [1.82, 2.24) is 0 Å². The van der Waals surface area contributed by atoms with Gasteiger partial charge in [-0.25, -0.2) is 15.6 Å². The molecule has 0 unspecified atom stereocenters. The zero-order valence-corrected chi connectivity index (χ0v) is 10.2. The van der Waals surface area contributed by atoms with E-state index in [2.05, 4.69) is 0 Å². The summed E-state index contributed by atoms with van der Waals surface area (Å²) in [6.07, 6.45) is -0.538. The van der Waals surface area contributed by atoms with Gasteiger partial charge in [0.1, 0.15) is 10.6 Å². The van der Waals surface area contributed by atoms with Crippen LogP contribution in [0.25, 0.3) is 0 Å². The molecule has 1 heterocycles. The molecule has 0 aliphatic rings. The highest BCUT2D eigenvalue weighted by Crippen LogP contribution is 2.24. The summed E-state index contributed by atoms with van der Waals surface area (Å²) in [4.78, 5) is 12.7. The number of thiophene rings is 1. The van der Waals surface area contributed by atoms with E-state index in [1.165, 1.54) is 11.3 Å². The number of hydrazine groups is 1. The summed E-state index contributed by atoms with van der Waals surface area (Å²) in [5, 5.41) is 1.71. The average Bonchev–Trinajstić information content (AvgIpc) is 2.47. The second kappa shape index (κ2) is 4.20. The molecule has 0 saturated carbocycles. The lowest BCUT2D eigenvalue weighted by Crippen LogP contribution is -2.41. The zero-order valence-electron chi connectivity index (χ0n) is 9.40. The third kappa shape index (κ3) is 3.53. The van der Waals surface area contributed by atoms with Gasteiger partial charge in [0.25, 0.3) is 0 Å². The number of hydrogen-bond acceptors (Lipinski definition) is 4. The summed E-state index contributed by atoms with van der Waals surface area (Å²) in [5.74, 6) is 5.63. The largest absolute Gasteiger partial charge is 0.442 e. The van der Waals surface area contributed by atoms with Crippen LogP contribution in [0.3, 0.4) is 0 Å². The van der Waals surface area contributed by atoms with Gasteiger partial charge in [0, 0.05) is 4.88 Å². The van der Waals surface area contributed by atoms with E-state index in [0.29, 0.717) is 5.00 Å². The lowest BCUT2D eigenvalue weighted by Gasteiger charge is -2.23. The van der Waals surface area contributed by atoms with Crippen molar-refractivity contribution < 1.29 is 9.53 Å². The maximum Gasteiger partial charge on any atom is 0.430 e. The number of hydrogen-bond donors (Lipinski definition) is 1. The fourth-order valence-electron chi connectivity index (χ4n) is 0.952. The normalized spacial score (nSPS) is 11.3. The molecular weight excluding hydrogens is 212 g/mol. The molecule has 84 valence electrons. The fourth-order valence-corrected chi connectivity index (χ4v) is 1.73. The van der Waals surface area contributed by atoms with Gasteiger partial charge in [0.2, 0.25) is 0 Å². The summed E-state index contributed by atoms with van der Waals surface area (Å²) in [6.45, 7) is 7.37. The van der Waals surface area contributed by atoms with Crippen LogP contribution in [-0.4, -0.2) is 11.7 Å². The minimum atomic E-state index is -0.538. The van der Waals surface area contributed by atoms with E-state index in [1.54, 1.807) is 26.8 Å². The standard InChI is InChI=1S/C10H16N2O2S/c1-7-5-6-8(15-7)12(11)9(13)14-10(2,3)4/h5-6H,11H2,1-4H3. The van der Waals surface area contributed by atoms with Gasteiger partial charge in [-0.05, 0) is 39.8 Å². The van der Waals surface area contributed by atoms with Crippen LogP contribution in [0.15, 0.2) is 12.1 Å². The van der Waals surface area contributed by atoms with Crippen molar-refractivity contribution in [2.75, 3.05) is 5.01 Å². The van der Waals surface area contributed by atoms with Crippen molar-refractivity contribution in [3.63, 3.8) is 0 Å². The maximum atomic E-state index is 11.6. The first-order valence-corrected chi connectivity index (χ1v) is 5.45. The number of nitrogens with zero attached hydrogens (tertiary/aromatic N) is 1. The van der Waals surface area contributed by atoms with E-state index >= 15 is 0 Å². The van der Waals surface area contributed by atoms with E-state index in [4.69, 9.17) is 10.6 Å². The van der Waals surface area contributed by atoms with Gasteiger partial charge in [0.05, 0.1) is 0 Å². The van der Waals surface area contributed by atoms with Crippen molar-refractivity contribution in [3.8, 4) is 0 Å². The molecule has 1 aromatic heterocycles. The first-order chi connectivity index (χ1) is 6.79. The van der Waals surface area contributed by atoms with Gasteiger partial charge >= 0.3 is 6.09 Å². The topological polar surface area (TPSA) is 55.6 Å². The van der Waals surface area contributed by atoms with Crippen LogP contribution in [0.4, 0.5) is 9.80 Å². The third-order valence-electron chi connectivity index (χ3n) is 1.55. The molecule has 0 atom stereocenters. The van der Waals surface area contributed by atoms with Gasteiger partial charge in [-0.15, -0.1) is 11.3 Å². The second-order valence-electron chi connectivity index (χ2n) is 4.23. The Bertz CT molecular complexity index is 355. The molecule has 0 bridgehead atoms. The monoisotopic (exact) mass is 228 g/mol. The number of carbonyl (C=O) groups excluding carboxylic acids is 1. The average molecular weight is 228 g/mol. The highest BCUT2D eigenvalue weighted by molar-refractivity contribution is 7.16. The highest BCUT2D eigenvalue weighted by Gasteiger charge is 2.21. The molecule has 0 radical (unpaired) electrons. The molecule has 1 aromatic rings. The van der Waals surface area contributed by atoms with Crippen LogP contribution in [0.5, 0.6) is 0 Å². The molecule has 0 aromatic carbocycles. The third-order valence-corrected chi connectivity index (χ3v) is 2.55. The smallest absolute Gasteiger partial charge is 0.430 e. The molecule has 0 spiro atoms. The Balaban J connectivity index is 2.69. The Hall–Kier alpha value is -1.07. The quantitative estimate of drug-likeness (QED) is 0.457. The minimum Gasteiger partial charge on any atom is -0.442 e. The second-order valence-corrected chi connectivity index (χ2v) is 5.50. The molecule has 0 saturated heterocycles. The van der Waals surface area contributed by atoms with Crippen molar-refractivity contribution >= 4 is 22.4 Å². The van der Waals surface area contributed by atoms with Crippen LogP contribution in [-0.2, 0) is 4.74 Å². The Morgan fingerprint density at radius 3 is 2.47 bits per heavy atom. The van der Waals surface area contributed by atoms with Gasteiger partial charge in [-0.2, -0.15) is 0 Å². The van der Waals surface area contributed by atoms with Crippen molar-refractivity contribution in [3.05, 3.63) is 17.0 Å². The van der Waals surface area contributed by atoms with Crippen LogP contribution in [0.2, 0.25) is 0 Å². The molecule has 2 N–H and O–H groups in total. The molecular formula is C10H16N2O2S. The summed E-state index contributed by atoms with van der Waals surface area (Å²) >= 11 is 1.45. The first kappa shape index (κ1) is 12.0. The van der Waals surface area contributed by atoms with Gasteiger partial charge < -0.3 is 4.74 Å². The molecule has 1 rings (SSSR count). The van der Waals surface area contributed by atoms with Crippen LogP contribution in [0, 0.1) is 6.92 Å². The number of nitrogens with two attached hydrogens (primary N) is 1. The van der Waals surface area contributed by atoms with Crippen molar-refractivity contribution in [2.45, 2.75) is 33.3 Å². The fraction of sp³-hybridized carbons (Fsp3) is 0.500. The lowest BCUT2D eigenvalue weighted by molar-refractivity contribution is 0.0581. The SMILES string of the molecule is Cc1ccc(N(N)C(=O)OC(C)(C)C)s1. The summed E-state index contributed by atoms with van der Waals surface area (Å²) < 4.78 is 5.13. The Kier molecular flexibility index (Phi) is 3.36. The number of amides is 1. The van der Waals surface area contributed by atoms with Crippen molar-refractivity contribution in [1.29, 1.82) is 0 Å². The molecule has 15 heavy (non-hydrogen) atoms.